The molecule has 2 nitrogen and oxygen atoms in total. The molecule has 0 aromatic rings. The first-order valence-electron chi connectivity index (χ1n) is 10.5. The van der Waals surface area contributed by atoms with Crippen molar-refractivity contribution in [2.45, 2.75) is 110 Å². The first-order chi connectivity index (χ1) is 11.3. The molecule has 136 valence electrons. The molecule has 23 heavy (non-hydrogen) atoms. The fourth-order valence-electron chi connectivity index (χ4n) is 3.57. The van der Waals surface area contributed by atoms with Crippen molar-refractivity contribution in [3.8, 4) is 0 Å². The van der Waals surface area contributed by atoms with Crippen molar-refractivity contribution in [1.82, 2.24) is 9.80 Å². The Hall–Kier alpha value is -0.660. The highest BCUT2D eigenvalue weighted by Crippen LogP contribution is 2.22. The van der Waals surface area contributed by atoms with Gasteiger partial charge in [-0.1, -0.05) is 85.0 Å². The van der Waals surface area contributed by atoms with Gasteiger partial charge in [0.2, 0.25) is 0 Å². The number of nitrogens with zero attached hydrogens (tertiary/aromatic N) is 2. The monoisotopic (exact) mass is 322 g/mol. The second kappa shape index (κ2) is 13.7. The Bertz CT molecular complexity index is 288. The predicted octanol–water partition coefficient (Wildman–Crippen LogP) is 6.53. The lowest BCUT2D eigenvalue weighted by Gasteiger charge is -2.33. The van der Waals surface area contributed by atoms with Crippen LogP contribution in [0, 0.1) is 0 Å². The van der Waals surface area contributed by atoms with Crippen LogP contribution in [0.3, 0.4) is 0 Å². The van der Waals surface area contributed by atoms with E-state index >= 15 is 0 Å². The van der Waals surface area contributed by atoms with E-state index < -0.39 is 0 Å². The largest absolute Gasteiger partial charge is 0.356 e. The van der Waals surface area contributed by atoms with Crippen LogP contribution in [0.15, 0.2) is 12.4 Å². The Morgan fingerprint density at radius 2 is 1.00 bits per heavy atom. The summed E-state index contributed by atoms with van der Waals surface area (Å²) in [5.41, 5.74) is 0. The van der Waals surface area contributed by atoms with Crippen LogP contribution >= 0.6 is 0 Å². The standard InChI is InChI=1S/C21H42N2/c1-4-7-9-10-11-12-13-15-18-23-20-19-22(17-14-8-5-2)21(23)16-6-3/h19-21H,4-18H2,1-3H3. The fraction of sp³-hybridized carbons (Fsp3) is 0.905. The van der Waals surface area contributed by atoms with Crippen molar-refractivity contribution in [2.24, 2.45) is 0 Å². The van der Waals surface area contributed by atoms with Crippen LogP contribution in [-0.2, 0) is 0 Å². The third-order valence-corrected chi connectivity index (χ3v) is 5.05. The summed E-state index contributed by atoms with van der Waals surface area (Å²) in [5, 5.41) is 0. The van der Waals surface area contributed by atoms with E-state index in [-0.39, 0.29) is 0 Å². The summed E-state index contributed by atoms with van der Waals surface area (Å²) >= 11 is 0. The van der Waals surface area contributed by atoms with Gasteiger partial charge in [0.15, 0.2) is 0 Å². The SMILES string of the molecule is CCCCCCCCCCN1C=CN(CCCCC)C1CCC. The van der Waals surface area contributed by atoms with Gasteiger partial charge in [-0.25, -0.2) is 0 Å². The van der Waals surface area contributed by atoms with Gasteiger partial charge in [0.25, 0.3) is 0 Å². The Morgan fingerprint density at radius 1 is 0.565 bits per heavy atom. The normalized spacial score (nSPS) is 17.4. The summed E-state index contributed by atoms with van der Waals surface area (Å²) in [7, 11) is 0. The fourth-order valence-corrected chi connectivity index (χ4v) is 3.57. The second-order valence-electron chi connectivity index (χ2n) is 7.23. The van der Waals surface area contributed by atoms with Gasteiger partial charge >= 0.3 is 0 Å². The molecule has 1 aliphatic rings. The molecule has 1 unspecified atom stereocenters. The minimum atomic E-state index is 0.640. The summed E-state index contributed by atoms with van der Waals surface area (Å²) in [6.45, 7) is 9.39. The Balaban J connectivity index is 2.15. The number of hydrogen-bond donors (Lipinski definition) is 0. The van der Waals surface area contributed by atoms with E-state index in [2.05, 4.69) is 43.0 Å². The maximum atomic E-state index is 2.60. The molecule has 0 aliphatic carbocycles. The van der Waals surface area contributed by atoms with Crippen molar-refractivity contribution >= 4 is 0 Å². The van der Waals surface area contributed by atoms with Gasteiger partial charge in [-0.3, -0.25) is 0 Å². The quantitative estimate of drug-likeness (QED) is 0.316. The first-order valence-corrected chi connectivity index (χ1v) is 10.5. The first kappa shape index (κ1) is 20.4. The average molecular weight is 323 g/mol. The molecule has 1 rings (SSSR count). The maximum Gasteiger partial charge on any atom is 0.101 e. The van der Waals surface area contributed by atoms with Crippen molar-refractivity contribution in [1.29, 1.82) is 0 Å². The lowest BCUT2D eigenvalue weighted by molar-refractivity contribution is 0.138. The van der Waals surface area contributed by atoms with E-state index in [1.54, 1.807) is 0 Å². The molecule has 0 aromatic heterocycles. The molecule has 0 fully saturated rings. The number of unbranched alkanes of at least 4 members (excludes halogenated alkanes) is 9. The molecular weight excluding hydrogens is 280 g/mol. The van der Waals surface area contributed by atoms with Crippen molar-refractivity contribution in [3.63, 3.8) is 0 Å². The summed E-state index contributed by atoms with van der Waals surface area (Å²) < 4.78 is 0. The van der Waals surface area contributed by atoms with Gasteiger partial charge in [0.05, 0.1) is 0 Å². The lowest BCUT2D eigenvalue weighted by Crippen LogP contribution is -2.39. The van der Waals surface area contributed by atoms with Gasteiger partial charge < -0.3 is 9.80 Å². The van der Waals surface area contributed by atoms with E-state index in [1.165, 1.54) is 96.6 Å². The van der Waals surface area contributed by atoms with Crippen LogP contribution in [0.1, 0.15) is 104 Å². The van der Waals surface area contributed by atoms with Crippen LogP contribution in [0.5, 0.6) is 0 Å². The van der Waals surface area contributed by atoms with Gasteiger partial charge in [0, 0.05) is 25.5 Å². The Labute approximate surface area is 146 Å². The molecule has 0 saturated heterocycles. The molecular formula is C21H42N2. The van der Waals surface area contributed by atoms with Crippen LogP contribution in [0.25, 0.3) is 0 Å². The summed E-state index contributed by atoms with van der Waals surface area (Å²) in [6, 6.07) is 0. The molecule has 0 amide bonds. The van der Waals surface area contributed by atoms with Gasteiger partial charge in [-0.15, -0.1) is 0 Å². The van der Waals surface area contributed by atoms with E-state index in [4.69, 9.17) is 0 Å². The Kier molecular flexibility index (Phi) is 12.2. The van der Waals surface area contributed by atoms with E-state index in [1.807, 2.05) is 0 Å². The van der Waals surface area contributed by atoms with E-state index in [0.717, 1.165) is 0 Å². The zero-order chi connectivity index (χ0) is 16.8. The Morgan fingerprint density at radius 3 is 1.52 bits per heavy atom. The minimum Gasteiger partial charge on any atom is -0.356 e. The highest BCUT2D eigenvalue weighted by molar-refractivity contribution is 4.96. The summed E-state index contributed by atoms with van der Waals surface area (Å²) in [4.78, 5) is 5.19. The average Bonchev–Trinajstić information content (AvgIpc) is 2.93. The molecule has 0 aromatic carbocycles. The molecule has 1 heterocycles. The molecule has 0 spiro atoms. The third kappa shape index (κ3) is 8.67. The van der Waals surface area contributed by atoms with Gasteiger partial charge in [0.1, 0.15) is 6.17 Å². The topological polar surface area (TPSA) is 6.48 Å². The molecule has 2 heteroatoms. The smallest absolute Gasteiger partial charge is 0.101 e. The molecule has 1 atom stereocenters. The van der Waals surface area contributed by atoms with Gasteiger partial charge in [-0.05, 0) is 19.3 Å². The molecule has 0 bridgehead atoms. The summed E-state index contributed by atoms with van der Waals surface area (Å²) in [6.07, 6.45) is 23.3. The molecule has 0 saturated carbocycles. The van der Waals surface area contributed by atoms with E-state index in [0.29, 0.717) is 6.17 Å². The minimum absolute atomic E-state index is 0.640. The lowest BCUT2D eigenvalue weighted by atomic mass is 10.1. The van der Waals surface area contributed by atoms with Crippen LogP contribution in [0.2, 0.25) is 0 Å². The molecule has 0 radical (unpaired) electrons. The zero-order valence-corrected chi connectivity index (χ0v) is 16.2. The summed E-state index contributed by atoms with van der Waals surface area (Å²) in [5.74, 6) is 0. The van der Waals surface area contributed by atoms with Crippen LogP contribution in [0.4, 0.5) is 0 Å². The maximum absolute atomic E-state index is 2.60. The van der Waals surface area contributed by atoms with Crippen molar-refractivity contribution < 1.29 is 0 Å². The van der Waals surface area contributed by atoms with Gasteiger partial charge in [-0.2, -0.15) is 0 Å². The van der Waals surface area contributed by atoms with Crippen LogP contribution < -0.4 is 0 Å². The number of rotatable bonds is 15. The molecule has 1 aliphatic heterocycles. The van der Waals surface area contributed by atoms with Crippen molar-refractivity contribution in [3.05, 3.63) is 12.4 Å². The molecule has 0 N–H and O–H groups in total. The predicted molar refractivity (Wildman–Crippen MR) is 103 cm³/mol. The number of hydrogen-bond acceptors (Lipinski definition) is 2. The zero-order valence-electron chi connectivity index (χ0n) is 16.2. The third-order valence-electron chi connectivity index (χ3n) is 5.05. The van der Waals surface area contributed by atoms with Crippen molar-refractivity contribution in [2.75, 3.05) is 13.1 Å². The highest BCUT2D eigenvalue weighted by atomic mass is 15.4. The van der Waals surface area contributed by atoms with Crippen LogP contribution in [-0.4, -0.2) is 29.1 Å². The van der Waals surface area contributed by atoms with E-state index in [9.17, 15) is 0 Å². The highest BCUT2D eigenvalue weighted by Gasteiger charge is 2.24. The second-order valence-corrected chi connectivity index (χ2v) is 7.23.